The number of ether oxygens (including phenoxy) is 1. The van der Waals surface area contributed by atoms with Gasteiger partial charge in [-0.2, -0.15) is 0 Å². The fourth-order valence-corrected chi connectivity index (χ4v) is 4.01. The Bertz CT molecular complexity index is 1160. The van der Waals surface area contributed by atoms with Crippen LogP contribution in [0.1, 0.15) is 28.4 Å². The van der Waals surface area contributed by atoms with E-state index in [4.69, 9.17) is 4.74 Å². The van der Waals surface area contributed by atoms with Gasteiger partial charge in [0.2, 0.25) is 10.0 Å². The Labute approximate surface area is 187 Å². The average Bonchev–Trinajstić information content (AvgIpc) is 2.77. The molecule has 0 heterocycles. The van der Waals surface area contributed by atoms with Crippen molar-refractivity contribution in [3.8, 4) is 5.75 Å². The largest absolute Gasteiger partial charge is 0.494 e. The van der Waals surface area contributed by atoms with Gasteiger partial charge in [-0.05, 0) is 55.0 Å². The predicted octanol–water partition coefficient (Wildman–Crippen LogP) is 4.12. The van der Waals surface area contributed by atoms with Crippen LogP contribution < -0.4 is 14.4 Å². The van der Waals surface area contributed by atoms with Crippen LogP contribution in [0.4, 0.5) is 10.1 Å². The molecule has 0 aliphatic carbocycles. The summed E-state index contributed by atoms with van der Waals surface area (Å²) in [6.07, 6.45) is 1.15. The standard InChI is InChI=1S/C24H25FN2O4S/c1-3-31-22-14-12-21(13-15-22)27(32(2,29)30)17-18-8-10-19(11-9-18)24(28)26-16-20-6-4-5-7-23(20)25/h4-15H,3,16-17H2,1-2H3,(H,26,28). The predicted molar refractivity (Wildman–Crippen MR) is 123 cm³/mol. The Hall–Kier alpha value is -3.39. The van der Waals surface area contributed by atoms with Gasteiger partial charge in [-0.3, -0.25) is 9.10 Å². The number of carbonyl (C=O) groups excluding carboxylic acids is 1. The van der Waals surface area contributed by atoms with E-state index in [0.29, 0.717) is 29.2 Å². The highest BCUT2D eigenvalue weighted by molar-refractivity contribution is 7.92. The minimum Gasteiger partial charge on any atom is -0.494 e. The molecule has 3 aromatic rings. The summed E-state index contributed by atoms with van der Waals surface area (Å²) < 4.78 is 45.1. The van der Waals surface area contributed by atoms with Crippen molar-refractivity contribution in [3.05, 3.63) is 95.3 Å². The van der Waals surface area contributed by atoms with Crippen LogP contribution >= 0.6 is 0 Å². The third-order valence-corrected chi connectivity index (χ3v) is 5.92. The topological polar surface area (TPSA) is 75.7 Å². The monoisotopic (exact) mass is 456 g/mol. The van der Waals surface area contributed by atoms with Crippen LogP contribution in [0.2, 0.25) is 0 Å². The van der Waals surface area contributed by atoms with Crippen LogP contribution in [0, 0.1) is 5.82 Å². The zero-order valence-electron chi connectivity index (χ0n) is 17.9. The van der Waals surface area contributed by atoms with Gasteiger partial charge in [0.05, 0.1) is 25.1 Å². The Morgan fingerprint density at radius 3 is 2.25 bits per heavy atom. The molecule has 0 saturated heterocycles. The Morgan fingerprint density at radius 1 is 1.00 bits per heavy atom. The van der Waals surface area contributed by atoms with Crippen molar-refractivity contribution >= 4 is 21.6 Å². The number of benzene rings is 3. The zero-order valence-corrected chi connectivity index (χ0v) is 18.7. The van der Waals surface area contributed by atoms with Gasteiger partial charge in [0.15, 0.2) is 0 Å². The second kappa shape index (κ2) is 10.3. The number of sulfonamides is 1. The fraction of sp³-hybridized carbons (Fsp3) is 0.208. The average molecular weight is 457 g/mol. The van der Waals surface area contributed by atoms with Crippen LogP contribution in [0.25, 0.3) is 0 Å². The van der Waals surface area contributed by atoms with E-state index in [1.807, 2.05) is 6.92 Å². The molecule has 3 aromatic carbocycles. The number of hydrogen-bond acceptors (Lipinski definition) is 4. The van der Waals surface area contributed by atoms with Gasteiger partial charge in [0.1, 0.15) is 11.6 Å². The summed E-state index contributed by atoms with van der Waals surface area (Å²) in [7, 11) is -3.53. The SMILES string of the molecule is CCOc1ccc(N(Cc2ccc(C(=O)NCc3ccccc3F)cc2)S(C)(=O)=O)cc1. The molecule has 0 aromatic heterocycles. The van der Waals surface area contributed by atoms with E-state index in [9.17, 15) is 17.6 Å². The molecule has 1 N–H and O–H groups in total. The maximum Gasteiger partial charge on any atom is 0.251 e. The second-order valence-corrected chi connectivity index (χ2v) is 9.07. The first-order chi connectivity index (χ1) is 15.3. The number of amides is 1. The molecule has 1 amide bonds. The lowest BCUT2D eigenvalue weighted by molar-refractivity contribution is 0.0950. The first-order valence-electron chi connectivity index (χ1n) is 10.1. The normalized spacial score (nSPS) is 11.1. The van der Waals surface area contributed by atoms with E-state index < -0.39 is 10.0 Å². The Morgan fingerprint density at radius 2 is 1.66 bits per heavy atom. The first kappa shape index (κ1) is 23.3. The van der Waals surface area contributed by atoms with Gasteiger partial charge < -0.3 is 10.1 Å². The Balaban J connectivity index is 1.69. The highest BCUT2D eigenvalue weighted by atomic mass is 32.2. The van der Waals surface area contributed by atoms with E-state index in [1.165, 1.54) is 10.4 Å². The summed E-state index contributed by atoms with van der Waals surface area (Å²) in [5, 5.41) is 2.68. The molecule has 0 bridgehead atoms. The zero-order chi connectivity index (χ0) is 23.1. The molecule has 0 radical (unpaired) electrons. The van der Waals surface area contributed by atoms with Gasteiger partial charge >= 0.3 is 0 Å². The molecule has 32 heavy (non-hydrogen) atoms. The lowest BCUT2D eigenvalue weighted by Gasteiger charge is -2.23. The number of rotatable bonds is 9. The van der Waals surface area contributed by atoms with Gasteiger partial charge in [-0.15, -0.1) is 0 Å². The van der Waals surface area contributed by atoms with Gasteiger partial charge in [0, 0.05) is 17.7 Å². The molecule has 0 atom stereocenters. The molecule has 0 fully saturated rings. The lowest BCUT2D eigenvalue weighted by Crippen LogP contribution is -2.29. The van der Waals surface area contributed by atoms with Crippen LogP contribution in [0.15, 0.2) is 72.8 Å². The number of halogens is 1. The van der Waals surface area contributed by atoms with E-state index in [2.05, 4.69) is 5.32 Å². The summed E-state index contributed by atoms with van der Waals surface area (Å²) >= 11 is 0. The molecule has 6 nitrogen and oxygen atoms in total. The third-order valence-electron chi connectivity index (χ3n) is 4.78. The van der Waals surface area contributed by atoms with Gasteiger partial charge in [-0.1, -0.05) is 30.3 Å². The molecule has 0 unspecified atom stereocenters. The summed E-state index contributed by atoms with van der Waals surface area (Å²) in [4.78, 5) is 12.4. The molecular formula is C24H25FN2O4S. The van der Waals surface area contributed by atoms with E-state index >= 15 is 0 Å². The summed E-state index contributed by atoms with van der Waals surface area (Å²) in [5.74, 6) is -0.0555. The van der Waals surface area contributed by atoms with Crippen LogP contribution in [-0.4, -0.2) is 27.2 Å². The second-order valence-electron chi connectivity index (χ2n) is 7.17. The molecule has 0 saturated carbocycles. The van der Waals surface area contributed by atoms with Crippen LogP contribution in [0.3, 0.4) is 0 Å². The number of anilines is 1. The maximum absolute atomic E-state index is 13.7. The summed E-state index contributed by atoms with van der Waals surface area (Å²) in [5.41, 5.74) is 2.03. The van der Waals surface area contributed by atoms with Crippen LogP contribution in [-0.2, 0) is 23.1 Å². The summed E-state index contributed by atoms with van der Waals surface area (Å²) in [6.45, 7) is 2.59. The minimum atomic E-state index is -3.53. The fourth-order valence-electron chi connectivity index (χ4n) is 3.12. The van der Waals surface area contributed by atoms with Crippen molar-refractivity contribution in [1.29, 1.82) is 0 Å². The number of nitrogens with one attached hydrogen (secondary N) is 1. The number of carbonyl (C=O) groups is 1. The van der Waals surface area contributed by atoms with Gasteiger partial charge in [-0.25, -0.2) is 12.8 Å². The van der Waals surface area contributed by atoms with E-state index in [1.54, 1.807) is 66.7 Å². The molecule has 3 rings (SSSR count). The van der Waals surface area contributed by atoms with Crippen molar-refractivity contribution in [2.24, 2.45) is 0 Å². The molecule has 0 aliphatic heterocycles. The van der Waals surface area contributed by atoms with Crippen molar-refractivity contribution in [2.75, 3.05) is 17.2 Å². The van der Waals surface area contributed by atoms with E-state index in [0.717, 1.165) is 11.8 Å². The van der Waals surface area contributed by atoms with Crippen molar-refractivity contribution in [3.63, 3.8) is 0 Å². The van der Waals surface area contributed by atoms with Crippen molar-refractivity contribution < 1.29 is 22.3 Å². The first-order valence-corrected chi connectivity index (χ1v) is 11.9. The molecule has 168 valence electrons. The number of nitrogens with zero attached hydrogens (tertiary/aromatic N) is 1. The molecular weight excluding hydrogens is 431 g/mol. The third kappa shape index (κ3) is 6.07. The summed E-state index contributed by atoms with van der Waals surface area (Å²) in [6, 6.07) is 19.7. The highest BCUT2D eigenvalue weighted by Crippen LogP contribution is 2.24. The Kier molecular flexibility index (Phi) is 7.48. The van der Waals surface area contributed by atoms with Crippen LogP contribution in [0.5, 0.6) is 5.75 Å². The number of hydrogen-bond donors (Lipinski definition) is 1. The van der Waals surface area contributed by atoms with Crippen molar-refractivity contribution in [1.82, 2.24) is 5.32 Å². The quantitative estimate of drug-likeness (QED) is 0.526. The molecule has 8 heteroatoms. The maximum atomic E-state index is 13.7. The smallest absolute Gasteiger partial charge is 0.251 e. The van der Waals surface area contributed by atoms with E-state index in [-0.39, 0.29) is 24.8 Å². The minimum absolute atomic E-state index is 0.0762. The van der Waals surface area contributed by atoms with Crippen molar-refractivity contribution in [2.45, 2.75) is 20.0 Å². The molecule has 0 aliphatic rings. The highest BCUT2D eigenvalue weighted by Gasteiger charge is 2.18. The molecule has 0 spiro atoms. The van der Waals surface area contributed by atoms with Gasteiger partial charge in [0.25, 0.3) is 5.91 Å². The lowest BCUT2D eigenvalue weighted by atomic mass is 10.1.